The Bertz CT molecular complexity index is 930. The Morgan fingerprint density at radius 3 is 2.81 bits per heavy atom. The minimum atomic E-state index is -0.532. The Kier molecular flexibility index (Phi) is 4.77. The highest BCUT2D eigenvalue weighted by atomic mass is 16.2. The van der Waals surface area contributed by atoms with Crippen molar-refractivity contribution >= 4 is 22.6 Å². The molecule has 1 saturated heterocycles. The van der Waals surface area contributed by atoms with E-state index in [-0.39, 0.29) is 5.91 Å². The first-order valence-corrected chi connectivity index (χ1v) is 9.25. The largest absolute Gasteiger partial charge is 0.353 e. The summed E-state index contributed by atoms with van der Waals surface area (Å²) in [4.78, 5) is 21.2. The number of anilines is 1. The number of nitrogens with two attached hydrogens (primary N) is 1. The predicted molar refractivity (Wildman–Crippen MR) is 106 cm³/mol. The summed E-state index contributed by atoms with van der Waals surface area (Å²) in [7, 11) is 0. The van der Waals surface area contributed by atoms with Crippen molar-refractivity contribution in [2.45, 2.75) is 19.4 Å². The van der Waals surface area contributed by atoms with E-state index in [0.29, 0.717) is 19.5 Å². The lowest BCUT2D eigenvalue weighted by Crippen LogP contribution is -2.53. The standard InChI is InChI=1S/C20H24N6O/c1-14-10-15(11-16-13-23-24-19(14)16)12-17(21)20(27)26-8-6-25(7-9-26)18-4-2-3-5-22-18/h2-5,10-11,13,17H,6-9,12,21H2,1H3,(H,23,24). The number of carbonyl (C=O) groups is 1. The molecule has 3 N–H and O–H groups in total. The third-order valence-corrected chi connectivity index (χ3v) is 5.14. The smallest absolute Gasteiger partial charge is 0.239 e. The first-order chi connectivity index (χ1) is 13.1. The van der Waals surface area contributed by atoms with Crippen LogP contribution >= 0.6 is 0 Å². The number of carbonyl (C=O) groups excluding carboxylic acids is 1. The van der Waals surface area contributed by atoms with E-state index >= 15 is 0 Å². The summed E-state index contributed by atoms with van der Waals surface area (Å²) in [6, 6.07) is 9.48. The van der Waals surface area contributed by atoms with Crippen LogP contribution in [0.25, 0.3) is 10.9 Å². The topological polar surface area (TPSA) is 91.1 Å². The number of nitrogens with one attached hydrogen (secondary N) is 1. The number of benzene rings is 1. The van der Waals surface area contributed by atoms with Gasteiger partial charge in [-0.15, -0.1) is 0 Å². The van der Waals surface area contributed by atoms with Crippen LogP contribution in [0.3, 0.4) is 0 Å². The number of hydrogen-bond donors (Lipinski definition) is 2. The third-order valence-electron chi connectivity index (χ3n) is 5.14. The van der Waals surface area contributed by atoms with Gasteiger partial charge in [-0.3, -0.25) is 9.89 Å². The van der Waals surface area contributed by atoms with Crippen LogP contribution in [0.2, 0.25) is 0 Å². The lowest BCUT2D eigenvalue weighted by Gasteiger charge is -2.36. The van der Waals surface area contributed by atoms with Crippen molar-refractivity contribution in [2.24, 2.45) is 5.73 Å². The second-order valence-electron chi connectivity index (χ2n) is 7.06. The zero-order chi connectivity index (χ0) is 18.8. The first-order valence-electron chi connectivity index (χ1n) is 9.25. The highest BCUT2D eigenvalue weighted by Gasteiger charge is 2.26. The maximum atomic E-state index is 12.8. The number of aromatic amines is 1. The van der Waals surface area contributed by atoms with E-state index < -0.39 is 6.04 Å². The van der Waals surface area contributed by atoms with E-state index in [1.807, 2.05) is 30.0 Å². The van der Waals surface area contributed by atoms with Crippen LogP contribution in [0.4, 0.5) is 5.82 Å². The van der Waals surface area contributed by atoms with Crippen molar-refractivity contribution in [3.05, 3.63) is 53.9 Å². The molecule has 3 aromatic rings. The molecular weight excluding hydrogens is 340 g/mol. The molecular formula is C20H24N6O. The number of hydrogen-bond acceptors (Lipinski definition) is 5. The van der Waals surface area contributed by atoms with E-state index in [0.717, 1.165) is 40.9 Å². The van der Waals surface area contributed by atoms with Gasteiger partial charge in [0.25, 0.3) is 0 Å². The van der Waals surface area contributed by atoms with E-state index in [1.165, 1.54) is 0 Å². The number of rotatable bonds is 4. The molecule has 0 spiro atoms. The molecule has 4 rings (SSSR count). The molecule has 1 fully saturated rings. The lowest BCUT2D eigenvalue weighted by atomic mass is 10.0. The quantitative estimate of drug-likeness (QED) is 0.732. The van der Waals surface area contributed by atoms with Gasteiger partial charge in [-0.05, 0) is 42.7 Å². The summed E-state index contributed by atoms with van der Waals surface area (Å²) in [5.74, 6) is 0.971. The van der Waals surface area contributed by atoms with Crippen LogP contribution in [-0.2, 0) is 11.2 Å². The van der Waals surface area contributed by atoms with Gasteiger partial charge in [-0.25, -0.2) is 4.98 Å². The van der Waals surface area contributed by atoms with Crippen molar-refractivity contribution in [2.75, 3.05) is 31.1 Å². The van der Waals surface area contributed by atoms with Gasteiger partial charge in [0.15, 0.2) is 0 Å². The average Bonchev–Trinajstić information content (AvgIpc) is 3.17. The van der Waals surface area contributed by atoms with Gasteiger partial charge in [0.2, 0.25) is 5.91 Å². The number of aromatic nitrogens is 3. The van der Waals surface area contributed by atoms with Crippen LogP contribution in [0.5, 0.6) is 0 Å². The van der Waals surface area contributed by atoms with Crippen molar-refractivity contribution in [3.63, 3.8) is 0 Å². The average molecular weight is 364 g/mol. The number of aryl methyl sites for hydroxylation is 1. The number of H-pyrrole nitrogens is 1. The van der Waals surface area contributed by atoms with Crippen LogP contribution in [0.1, 0.15) is 11.1 Å². The number of nitrogens with zero attached hydrogens (tertiary/aromatic N) is 4. The maximum absolute atomic E-state index is 12.8. The first kappa shape index (κ1) is 17.5. The highest BCUT2D eigenvalue weighted by molar-refractivity contribution is 5.84. The minimum absolute atomic E-state index is 0.0145. The van der Waals surface area contributed by atoms with Gasteiger partial charge in [0.1, 0.15) is 5.82 Å². The molecule has 1 unspecified atom stereocenters. The third kappa shape index (κ3) is 3.64. The van der Waals surface area contributed by atoms with Crippen LogP contribution in [0, 0.1) is 6.92 Å². The molecule has 1 amide bonds. The summed E-state index contributed by atoms with van der Waals surface area (Å²) in [5.41, 5.74) is 9.47. The summed E-state index contributed by atoms with van der Waals surface area (Å²) >= 11 is 0. The van der Waals surface area contributed by atoms with Gasteiger partial charge in [-0.2, -0.15) is 5.10 Å². The second-order valence-corrected chi connectivity index (χ2v) is 7.06. The Hall–Kier alpha value is -2.93. The van der Waals surface area contributed by atoms with Crippen molar-refractivity contribution < 1.29 is 4.79 Å². The van der Waals surface area contributed by atoms with Crippen molar-refractivity contribution in [1.82, 2.24) is 20.1 Å². The minimum Gasteiger partial charge on any atom is -0.353 e. The SMILES string of the molecule is Cc1cc(CC(N)C(=O)N2CCN(c3ccccn3)CC2)cc2cn[nH]c12. The lowest BCUT2D eigenvalue weighted by molar-refractivity contribution is -0.132. The molecule has 3 heterocycles. The molecule has 1 atom stereocenters. The molecule has 1 aliphatic heterocycles. The van der Waals surface area contributed by atoms with Gasteiger partial charge in [0.05, 0.1) is 17.8 Å². The Labute approximate surface area is 158 Å². The molecule has 1 aliphatic rings. The summed E-state index contributed by atoms with van der Waals surface area (Å²) in [6.45, 7) is 4.92. The second kappa shape index (κ2) is 7.36. The Morgan fingerprint density at radius 2 is 2.07 bits per heavy atom. The maximum Gasteiger partial charge on any atom is 0.239 e. The van der Waals surface area contributed by atoms with Crippen LogP contribution in [0.15, 0.2) is 42.7 Å². The molecule has 140 valence electrons. The molecule has 2 aromatic heterocycles. The zero-order valence-electron chi connectivity index (χ0n) is 15.4. The van der Waals surface area contributed by atoms with Gasteiger partial charge in [0, 0.05) is 37.8 Å². The molecule has 0 bridgehead atoms. The van der Waals surface area contributed by atoms with E-state index in [2.05, 4.69) is 32.2 Å². The zero-order valence-corrected chi connectivity index (χ0v) is 15.4. The summed E-state index contributed by atoms with van der Waals surface area (Å²) in [6.07, 6.45) is 4.12. The predicted octanol–water partition coefficient (Wildman–Crippen LogP) is 1.48. The molecule has 1 aromatic carbocycles. The monoisotopic (exact) mass is 364 g/mol. The molecule has 7 heteroatoms. The van der Waals surface area contributed by atoms with Crippen LogP contribution < -0.4 is 10.6 Å². The summed E-state index contributed by atoms with van der Waals surface area (Å²) in [5, 5.41) is 8.13. The summed E-state index contributed by atoms with van der Waals surface area (Å²) < 4.78 is 0. The van der Waals surface area contributed by atoms with Gasteiger partial charge < -0.3 is 15.5 Å². The Balaban J connectivity index is 1.38. The normalized spacial score (nSPS) is 15.9. The fourth-order valence-corrected chi connectivity index (χ4v) is 3.70. The number of piperazine rings is 1. The van der Waals surface area contributed by atoms with Gasteiger partial charge >= 0.3 is 0 Å². The molecule has 0 aliphatic carbocycles. The van der Waals surface area contributed by atoms with Crippen LogP contribution in [-0.4, -0.2) is 58.2 Å². The fraction of sp³-hybridized carbons (Fsp3) is 0.350. The molecule has 0 saturated carbocycles. The molecule has 27 heavy (non-hydrogen) atoms. The van der Waals surface area contributed by atoms with Crippen molar-refractivity contribution in [3.8, 4) is 0 Å². The number of pyridine rings is 1. The van der Waals surface area contributed by atoms with E-state index in [9.17, 15) is 4.79 Å². The number of amides is 1. The molecule has 0 radical (unpaired) electrons. The highest BCUT2D eigenvalue weighted by Crippen LogP contribution is 2.19. The van der Waals surface area contributed by atoms with Crippen molar-refractivity contribution in [1.29, 1.82) is 0 Å². The van der Waals surface area contributed by atoms with E-state index in [1.54, 1.807) is 12.4 Å². The fourth-order valence-electron chi connectivity index (χ4n) is 3.70. The number of fused-ring (bicyclic) bond motifs is 1. The Morgan fingerprint density at radius 1 is 1.26 bits per heavy atom. The van der Waals surface area contributed by atoms with Gasteiger partial charge in [-0.1, -0.05) is 12.1 Å². The molecule has 7 nitrogen and oxygen atoms in total. The van der Waals surface area contributed by atoms with E-state index in [4.69, 9.17) is 5.73 Å².